The van der Waals surface area contributed by atoms with Gasteiger partial charge in [-0.25, -0.2) is 0 Å². The Labute approximate surface area is 184 Å². The molecule has 4 rings (SSSR count). The van der Waals surface area contributed by atoms with Crippen molar-refractivity contribution in [2.75, 3.05) is 20.2 Å². The number of carbonyl (C=O) groups is 2. The second-order valence-corrected chi connectivity index (χ2v) is 8.37. The Balaban J connectivity index is 1.51. The number of rotatable bonds is 7. The first kappa shape index (κ1) is 21.4. The lowest BCUT2D eigenvalue weighted by atomic mass is 9.97. The molecule has 1 heterocycles. The summed E-state index contributed by atoms with van der Waals surface area (Å²) in [5, 5.41) is 6.13. The molecular weight excluding hydrogens is 390 g/mol. The lowest BCUT2D eigenvalue weighted by molar-refractivity contribution is -0.135. The molecule has 2 atom stereocenters. The third-order valence-electron chi connectivity index (χ3n) is 6.43. The number of carbonyl (C=O) groups excluding carboxylic acids is 2. The second kappa shape index (κ2) is 9.96. The zero-order valence-corrected chi connectivity index (χ0v) is 18.0. The number of amides is 2. The molecule has 164 valence electrons. The van der Waals surface area contributed by atoms with Crippen molar-refractivity contribution in [3.63, 3.8) is 0 Å². The van der Waals surface area contributed by atoms with E-state index in [1.54, 1.807) is 7.11 Å². The van der Waals surface area contributed by atoms with E-state index in [-0.39, 0.29) is 24.3 Å². The zero-order chi connectivity index (χ0) is 21.6. The summed E-state index contributed by atoms with van der Waals surface area (Å²) in [4.78, 5) is 28.1. The summed E-state index contributed by atoms with van der Waals surface area (Å²) in [7, 11) is 1.64. The van der Waals surface area contributed by atoms with Crippen LogP contribution in [0.4, 0.5) is 0 Å². The van der Waals surface area contributed by atoms with E-state index >= 15 is 0 Å². The van der Waals surface area contributed by atoms with Gasteiger partial charge < -0.3 is 15.4 Å². The van der Waals surface area contributed by atoms with Gasteiger partial charge in [0.15, 0.2) is 0 Å². The minimum absolute atomic E-state index is 0.0333. The molecule has 31 heavy (non-hydrogen) atoms. The standard InChI is InChI=1S/C25H31N3O3/c1-31-21-13-11-19(12-14-21)24(18-7-3-2-4-8-18)27-23(29)17-22-25(30)26-15-16-28(22)20-9-5-6-10-20/h2-4,7-8,11-14,20,22,24H,5-6,9-10,15-17H2,1H3,(H,26,30)(H,27,29)/t22-,24-/m0/s1. The molecule has 0 bridgehead atoms. The third kappa shape index (κ3) is 5.07. The monoisotopic (exact) mass is 421 g/mol. The molecule has 0 aromatic heterocycles. The fourth-order valence-corrected chi connectivity index (χ4v) is 4.81. The van der Waals surface area contributed by atoms with Crippen LogP contribution in [0.5, 0.6) is 5.75 Å². The summed E-state index contributed by atoms with van der Waals surface area (Å²) in [6, 6.07) is 17.4. The molecular formula is C25H31N3O3. The summed E-state index contributed by atoms with van der Waals surface area (Å²) < 4.78 is 5.27. The van der Waals surface area contributed by atoms with Crippen molar-refractivity contribution in [1.82, 2.24) is 15.5 Å². The molecule has 0 radical (unpaired) electrons. The summed E-state index contributed by atoms with van der Waals surface area (Å²) in [5.41, 5.74) is 1.97. The van der Waals surface area contributed by atoms with Gasteiger partial charge in [-0.15, -0.1) is 0 Å². The van der Waals surface area contributed by atoms with Gasteiger partial charge in [0.25, 0.3) is 0 Å². The molecule has 1 aliphatic heterocycles. The predicted molar refractivity (Wildman–Crippen MR) is 120 cm³/mol. The lowest BCUT2D eigenvalue weighted by Gasteiger charge is -2.39. The highest BCUT2D eigenvalue weighted by atomic mass is 16.5. The zero-order valence-electron chi connectivity index (χ0n) is 18.0. The smallest absolute Gasteiger partial charge is 0.237 e. The number of benzene rings is 2. The molecule has 0 unspecified atom stereocenters. The van der Waals surface area contributed by atoms with Gasteiger partial charge in [-0.3, -0.25) is 14.5 Å². The van der Waals surface area contributed by atoms with Gasteiger partial charge in [-0.2, -0.15) is 0 Å². The molecule has 6 nitrogen and oxygen atoms in total. The molecule has 1 saturated heterocycles. The van der Waals surface area contributed by atoms with Gasteiger partial charge in [-0.1, -0.05) is 55.3 Å². The van der Waals surface area contributed by atoms with Gasteiger partial charge in [0.2, 0.25) is 11.8 Å². The molecule has 1 aliphatic carbocycles. The van der Waals surface area contributed by atoms with Crippen molar-refractivity contribution in [2.45, 2.75) is 50.2 Å². The van der Waals surface area contributed by atoms with Gasteiger partial charge in [0, 0.05) is 19.1 Å². The minimum atomic E-state index is -0.399. The highest BCUT2D eigenvalue weighted by Crippen LogP contribution is 2.28. The number of methoxy groups -OCH3 is 1. The van der Waals surface area contributed by atoms with E-state index in [9.17, 15) is 9.59 Å². The van der Waals surface area contributed by atoms with Gasteiger partial charge in [0.05, 0.1) is 25.6 Å². The molecule has 1 saturated carbocycles. The summed E-state index contributed by atoms with van der Waals surface area (Å²) in [6.45, 7) is 1.47. The van der Waals surface area contributed by atoms with Crippen LogP contribution >= 0.6 is 0 Å². The van der Waals surface area contributed by atoms with Gasteiger partial charge >= 0.3 is 0 Å². The van der Waals surface area contributed by atoms with Crippen LogP contribution in [0.25, 0.3) is 0 Å². The number of hydrogen-bond acceptors (Lipinski definition) is 4. The van der Waals surface area contributed by atoms with Crippen LogP contribution in [0, 0.1) is 0 Å². The maximum absolute atomic E-state index is 13.2. The fourth-order valence-electron chi connectivity index (χ4n) is 4.81. The summed E-state index contributed by atoms with van der Waals surface area (Å²) in [6.07, 6.45) is 4.81. The van der Waals surface area contributed by atoms with E-state index in [2.05, 4.69) is 15.5 Å². The molecule has 6 heteroatoms. The molecule has 0 spiro atoms. The van der Waals surface area contributed by atoms with Crippen LogP contribution in [-0.4, -0.2) is 49.0 Å². The highest BCUT2D eigenvalue weighted by Gasteiger charge is 2.37. The van der Waals surface area contributed by atoms with E-state index in [4.69, 9.17) is 4.74 Å². The van der Waals surface area contributed by atoms with Crippen molar-refractivity contribution in [3.05, 3.63) is 65.7 Å². The first-order valence-electron chi connectivity index (χ1n) is 11.2. The van der Waals surface area contributed by atoms with E-state index in [1.807, 2.05) is 54.6 Å². The summed E-state index contributed by atoms with van der Waals surface area (Å²) in [5.74, 6) is 0.622. The van der Waals surface area contributed by atoms with E-state index in [1.165, 1.54) is 12.8 Å². The van der Waals surface area contributed by atoms with Crippen molar-refractivity contribution >= 4 is 11.8 Å². The first-order valence-corrected chi connectivity index (χ1v) is 11.2. The Morgan fingerprint density at radius 2 is 1.77 bits per heavy atom. The van der Waals surface area contributed by atoms with Crippen molar-refractivity contribution in [3.8, 4) is 5.75 Å². The largest absolute Gasteiger partial charge is 0.497 e. The number of nitrogens with zero attached hydrogens (tertiary/aromatic N) is 1. The van der Waals surface area contributed by atoms with Crippen LogP contribution in [0.3, 0.4) is 0 Å². The minimum Gasteiger partial charge on any atom is -0.497 e. The maximum Gasteiger partial charge on any atom is 0.237 e. The van der Waals surface area contributed by atoms with Crippen LogP contribution < -0.4 is 15.4 Å². The third-order valence-corrected chi connectivity index (χ3v) is 6.43. The topological polar surface area (TPSA) is 70.7 Å². The molecule has 2 N–H and O–H groups in total. The van der Waals surface area contributed by atoms with Crippen LogP contribution in [0.15, 0.2) is 54.6 Å². The molecule has 2 aliphatic rings. The van der Waals surface area contributed by atoms with Crippen LogP contribution in [-0.2, 0) is 9.59 Å². The lowest BCUT2D eigenvalue weighted by Crippen LogP contribution is -2.59. The van der Waals surface area contributed by atoms with E-state index < -0.39 is 6.04 Å². The number of hydrogen-bond donors (Lipinski definition) is 2. The van der Waals surface area contributed by atoms with E-state index in [0.29, 0.717) is 12.6 Å². The van der Waals surface area contributed by atoms with Crippen molar-refractivity contribution in [2.24, 2.45) is 0 Å². The molecule has 2 aromatic rings. The van der Waals surface area contributed by atoms with Gasteiger partial charge in [-0.05, 0) is 36.1 Å². The number of piperazine rings is 1. The summed E-state index contributed by atoms with van der Waals surface area (Å²) >= 11 is 0. The Morgan fingerprint density at radius 1 is 1.10 bits per heavy atom. The Kier molecular flexibility index (Phi) is 6.87. The number of nitrogens with one attached hydrogen (secondary N) is 2. The fraction of sp³-hybridized carbons (Fsp3) is 0.440. The quantitative estimate of drug-likeness (QED) is 0.721. The molecule has 2 fully saturated rings. The first-order chi connectivity index (χ1) is 15.2. The van der Waals surface area contributed by atoms with Crippen LogP contribution in [0.2, 0.25) is 0 Å². The second-order valence-electron chi connectivity index (χ2n) is 8.37. The normalized spacial score (nSPS) is 20.8. The molecule has 2 amide bonds. The van der Waals surface area contributed by atoms with E-state index in [0.717, 1.165) is 36.3 Å². The van der Waals surface area contributed by atoms with Gasteiger partial charge in [0.1, 0.15) is 5.75 Å². The average molecular weight is 422 g/mol. The Bertz CT molecular complexity index is 879. The maximum atomic E-state index is 13.2. The average Bonchev–Trinajstić information content (AvgIpc) is 3.34. The SMILES string of the molecule is COc1ccc([C@@H](NC(=O)C[C@H]2C(=O)NCCN2C2CCCC2)c2ccccc2)cc1. The van der Waals surface area contributed by atoms with Crippen molar-refractivity contribution in [1.29, 1.82) is 0 Å². The van der Waals surface area contributed by atoms with Crippen LogP contribution in [0.1, 0.15) is 49.3 Å². The van der Waals surface area contributed by atoms with Crippen molar-refractivity contribution < 1.29 is 14.3 Å². The number of ether oxygens (including phenoxy) is 1. The molecule has 2 aromatic carbocycles. The Hall–Kier alpha value is -2.86. The predicted octanol–water partition coefficient (Wildman–Crippen LogP) is 3.03. The highest BCUT2D eigenvalue weighted by molar-refractivity contribution is 5.89. The Morgan fingerprint density at radius 3 is 2.45 bits per heavy atom.